The third-order valence-electron chi connectivity index (χ3n) is 2.18. The lowest BCUT2D eigenvalue weighted by atomic mass is 10.1. The van der Waals surface area contributed by atoms with E-state index in [0.717, 1.165) is 11.1 Å². The Morgan fingerprint density at radius 2 is 2.12 bits per heavy atom. The van der Waals surface area contributed by atoms with Crippen molar-refractivity contribution in [2.24, 2.45) is 5.11 Å². The van der Waals surface area contributed by atoms with Gasteiger partial charge in [-0.1, -0.05) is 28.6 Å². The second-order valence-corrected chi connectivity index (χ2v) is 4.21. The number of hydroxylamine groups is 1. The van der Waals surface area contributed by atoms with Crippen molar-refractivity contribution in [3.63, 3.8) is 0 Å². The number of azo groups is 1. The van der Waals surface area contributed by atoms with Crippen molar-refractivity contribution >= 4 is 17.2 Å². The van der Waals surface area contributed by atoms with Crippen LogP contribution in [-0.2, 0) is 0 Å². The smallest absolute Gasteiger partial charge is 0.212 e. The number of hydrogen-bond acceptors (Lipinski definition) is 3. The second kappa shape index (κ2) is 6.37. The van der Waals surface area contributed by atoms with Crippen LogP contribution in [0.15, 0.2) is 35.6 Å². The van der Waals surface area contributed by atoms with Gasteiger partial charge < -0.3 is 10.3 Å². The number of halogens is 1. The van der Waals surface area contributed by atoms with Crippen LogP contribution in [-0.4, -0.2) is 22.6 Å². The molecule has 0 saturated carbocycles. The molecule has 0 aliphatic heterocycles. The molecule has 0 aliphatic rings. The van der Waals surface area contributed by atoms with Crippen LogP contribution in [0.25, 0.3) is 5.57 Å². The molecule has 0 fully saturated rings. The number of nitrogens with zero attached hydrogens (tertiary/aromatic N) is 2. The Morgan fingerprint density at radius 3 is 2.65 bits per heavy atom. The molecular weight excluding hydrogens is 240 g/mol. The first-order valence-electron chi connectivity index (χ1n) is 5.25. The number of hydrogen-bond donors (Lipinski definition) is 1. The molecule has 5 heteroatoms. The van der Waals surface area contributed by atoms with Gasteiger partial charge in [-0.15, -0.1) is 0 Å². The van der Waals surface area contributed by atoms with E-state index in [9.17, 15) is 5.21 Å². The van der Waals surface area contributed by atoms with Crippen molar-refractivity contribution in [1.82, 2.24) is 0 Å². The predicted molar refractivity (Wildman–Crippen MR) is 67.7 cm³/mol. The minimum Gasteiger partial charge on any atom is -0.595 e. The van der Waals surface area contributed by atoms with E-state index in [1.807, 2.05) is 19.1 Å². The zero-order chi connectivity index (χ0) is 12.8. The van der Waals surface area contributed by atoms with Crippen LogP contribution in [0.1, 0.15) is 19.4 Å². The minimum absolute atomic E-state index is 0.146. The fraction of sp³-hybridized carbons (Fsp3) is 0.333. The zero-order valence-electron chi connectivity index (χ0n) is 9.80. The fourth-order valence-electron chi connectivity index (χ4n) is 1.22. The molecule has 1 unspecified atom stereocenters. The molecule has 0 spiro atoms. The minimum atomic E-state index is -0.401. The molecule has 0 bridgehead atoms. The number of rotatable bonds is 4. The Bertz CT molecular complexity index is 427. The molecule has 92 valence electrons. The van der Waals surface area contributed by atoms with Gasteiger partial charge in [0.1, 0.15) is 6.04 Å². The van der Waals surface area contributed by atoms with Crippen molar-refractivity contribution in [3.05, 3.63) is 46.3 Å². The summed E-state index contributed by atoms with van der Waals surface area (Å²) < 4.78 is 0. The van der Waals surface area contributed by atoms with Gasteiger partial charge in [-0.2, -0.15) is 0 Å². The van der Waals surface area contributed by atoms with Crippen LogP contribution in [0.3, 0.4) is 0 Å². The summed E-state index contributed by atoms with van der Waals surface area (Å²) in [6.45, 7) is 3.33. The SMILES string of the molecule is CC(=C[N+]([O-])=NC(C)CO)c1ccc(Cl)cc1. The number of aliphatic hydroxyl groups is 1. The highest BCUT2D eigenvalue weighted by Gasteiger charge is 2.03. The number of aliphatic hydroxyl groups excluding tert-OH is 1. The molecule has 1 aromatic carbocycles. The molecule has 1 rings (SSSR count). The Balaban J connectivity index is 2.85. The normalized spacial score (nSPS) is 14.8. The standard InChI is InChI=1S/C12H15ClN2O2/c1-9(7-15(17)14-10(2)8-16)11-3-5-12(13)6-4-11/h3-7,10,16H,8H2,1-2H3. The van der Waals surface area contributed by atoms with Gasteiger partial charge in [-0.05, 0) is 36.7 Å². The van der Waals surface area contributed by atoms with Crippen molar-refractivity contribution < 1.29 is 9.97 Å². The molecule has 0 heterocycles. The fourth-order valence-corrected chi connectivity index (χ4v) is 1.34. The van der Waals surface area contributed by atoms with Gasteiger partial charge in [-0.25, -0.2) is 0 Å². The summed E-state index contributed by atoms with van der Waals surface area (Å²) in [5.41, 5.74) is 1.69. The maximum atomic E-state index is 11.4. The van der Waals surface area contributed by atoms with E-state index in [1.54, 1.807) is 19.1 Å². The summed E-state index contributed by atoms with van der Waals surface area (Å²) in [4.78, 5) is 0.477. The third-order valence-corrected chi connectivity index (χ3v) is 2.43. The van der Waals surface area contributed by atoms with Gasteiger partial charge in [0.05, 0.1) is 6.61 Å². The second-order valence-electron chi connectivity index (χ2n) is 3.77. The topological polar surface area (TPSA) is 58.7 Å². The first-order chi connectivity index (χ1) is 8.02. The van der Waals surface area contributed by atoms with Gasteiger partial charge in [0.25, 0.3) is 0 Å². The van der Waals surface area contributed by atoms with Gasteiger partial charge >= 0.3 is 0 Å². The number of allylic oxidation sites excluding steroid dienone is 1. The quantitative estimate of drug-likeness (QED) is 0.510. The molecule has 0 radical (unpaired) electrons. The summed E-state index contributed by atoms with van der Waals surface area (Å²) in [6, 6.07) is 6.78. The molecule has 1 N–H and O–H groups in total. The van der Waals surface area contributed by atoms with Gasteiger partial charge in [0, 0.05) is 10.6 Å². The molecule has 17 heavy (non-hydrogen) atoms. The predicted octanol–water partition coefficient (Wildman–Crippen LogP) is 3.04. The van der Waals surface area contributed by atoms with E-state index in [2.05, 4.69) is 5.11 Å². The molecule has 0 aliphatic carbocycles. The molecule has 0 saturated heterocycles. The van der Waals surface area contributed by atoms with E-state index in [-0.39, 0.29) is 6.61 Å². The zero-order valence-corrected chi connectivity index (χ0v) is 10.6. The van der Waals surface area contributed by atoms with Crippen LogP contribution in [0.4, 0.5) is 0 Å². The lowest BCUT2D eigenvalue weighted by Gasteiger charge is -2.02. The molecule has 1 aromatic rings. The highest BCUT2D eigenvalue weighted by atomic mass is 35.5. The molecule has 0 amide bonds. The maximum Gasteiger partial charge on any atom is 0.212 e. The maximum absolute atomic E-state index is 11.4. The average Bonchev–Trinajstić information content (AvgIpc) is 2.29. The third kappa shape index (κ3) is 4.54. The van der Waals surface area contributed by atoms with Crippen molar-refractivity contribution in [2.75, 3.05) is 6.61 Å². The highest BCUT2D eigenvalue weighted by Crippen LogP contribution is 2.16. The van der Waals surface area contributed by atoms with Gasteiger partial charge in [0.15, 0.2) is 0 Å². The lowest BCUT2D eigenvalue weighted by molar-refractivity contribution is -0.461. The first kappa shape index (κ1) is 13.7. The van der Waals surface area contributed by atoms with E-state index in [1.165, 1.54) is 6.20 Å². The average molecular weight is 255 g/mol. The Kier molecular flexibility index (Phi) is 5.12. The molecule has 1 atom stereocenters. The molecule has 0 aromatic heterocycles. The number of benzene rings is 1. The van der Waals surface area contributed by atoms with Gasteiger partial charge in [0.2, 0.25) is 6.20 Å². The van der Waals surface area contributed by atoms with E-state index < -0.39 is 6.04 Å². The summed E-state index contributed by atoms with van der Waals surface area (Å²) in [5, 5.41) is 24.5. The van der Waals surface area contributed by atoms with E-state index in [4.69, 9.17) is 16.7 Å². The Hall–Kier alpha value is -1.39. The van der Waals surface area contributed by atoms with Crippen LogP contribution < -0.4 is 0 Å². The van der Waals surface area contributed by atoms with E-state index >= 15 is 0 Å². The molecule has 4 nitrogen and oxygen atoms in total. The molecular formula is C12H15ClN2O2. The Morgan fingerprint density at radius 1 is 1.53 bits per heavy atom. The van der Waals surface area contributed by atoms with E-state index in [0.29, 0.717) is 9.88 Å². The summed E-state index contributed by atoms with van der Waals surface area (Å²) >= 11 is 5.77. The summed E-state index contributed by atoms with van der Waals surface area (Å²) in [7, 11) is 0. The van der Waals surface area contributed by atoms with Crippen LogP contribution >= 0.6 is 11.6 Å². The highest BCUT2D eigenvalue weighted by molar-refractivity contribution is 6.30. The first-order valence-corrected chi connectivity index (χ1v) is 5.63. The summed E-state index contributed by atoms with van der Waals surface area (Å²) in [5.74, 6) is 0. The van der Waals surface area contributed by atoms with Crippen molar-refractivity contribution in [1.29, 1.82) is 0 Å². The Labute approximate surface area is 105 Å². The van der Waals surface area contributed by atoms with Crippen LogP contribution in [0.2, 0.25) is 5.02 Å². The van der Waals surface area contributed by atoms with Crippen LogP contribution in [0, 0.1) is 5.21 Å². The lowest BCUT2D eigenvalue weighted by Crippen LogP contribution is -2.07. The van der Waals surface area contributed by atoms with Crippen LogP contribution in [0.5, 0.6) is 0 Å². The van der Waals surface area contributed by atoms with Gasteiger partial charge in [-0.3, -0.25) is 0 Å². The summed E-state index contributed by atoms with van der Waals surface area (Å²) in [6.07, 6.45) is 1.37. The van der Waals surface area contributed by atoms with Crippen molar-refractivity contribution in [2.45, 2.75) is 19.9 Å². The van der Waals surface area contributed by atoms with Crippen molar-refractivity contribution in [3.8, 4) is 0 Å². The largest absolute Gasteiger partial charge is 0.595 e. The monoisotopic (exact) mass is 254 g/mol.